The predicted molar refractivity (Wildman–Crippen MR) is 127 cm³/mol. The molecule has 0 radical (unpaired) electrons. The van der Waals surface area contributed by atoms with Crippen molar-refractivity contribution >= 4 is 0 Å². The Morgan fingerprint density at radius 1 is 0.500 bits per heavy atom. The van der Waals surface area contributed by atoms with E-state index in [9.17, 15) is 0 Å². The fourth-order valence-electron chi connectivity index (χ4n) is 4.15. The van der Waals surface area contributed by atoms with Crippen LogP contribution in [0.2, 0.25) is 0 Å². The van der Waals surface area contributed by atoms with Gasteiger partial charge in [-0.3, -0.25) is 0 Å². The van der Waals surface area contributed by atoms with Crippen LogP contribution < -0.4 is 0 Å². The lowest BCUT2D eigenvalue weighted by atomic mass is 10.0. The van der Waals surface area contributed by atoms with E-state index in [-0.39, 0.29) is 0 Å². The summed E-state index contributed by atoms with van der Waals surface area (Å²) in [5, 5.41) is 0. The quantitative estimate of drug-likeness (QED) is 0.203. The molecule has 0 atom stereocenters. The molecule has 0 aliphatic rings. The number of hydrogen-bond donors (Lipinski definition) is 0. The molecule has 0 heterocycles. The summed E-state index contributed by atoms with van der Waals surface area (Å²) < 4.78 is 0. The molecule has 0 saturated carbocycles. The van der Waals surface area contributed by atoms with E-state index in [0.717, 1.165) is 0 Å². The van der Waals surface area contributed by atoms with E-state index in [1.165, 1.54) is 128 Å². The third kappa shape index (κ3) is 15.1. The van der Waals surface area contributed by atoms with Crippen LogP contribution in [0.25, 0.3) is 0 Å². The first-order valence-electron chi connectivity index (χ1n) is 12.6. The molecule has 0 aromatic heterocycles. The third-order valence-corrected chi connectivity index (χ3v) is 6.18. The van der Waals surface area contributed by atoms with Crippen molar-refractivity contribution in [3.8, 4) is 0 Å². The second-order valence-electron chi connectivity index (χ2n) is 8.57. The summed E-state index contributed by atoms with van der Waals surface area (Å²) in [4.78, 5) is 2.55. The van der Waals surface area contributed by atoms with E-state index >= 15 is 0 Å². The lowest BCUT2D eigenvalue weighted by Gasteiger charge is -2.17. The van der Waals surface area contributed by atoms with Gasteiger partial charge in [0.1, 0.15) is 0 Å². The van der Waals surface area contributed by atoms with Crippen LogP contribution in [0.3, 0.4) is 0 Å². The van der Waals surface area contributed by atoms with Crippen molar-refractivity contribution in [1.29, 1.82) is 0 Å². The smallest absolute Gasteiger partial charge is 0.00190 e. The van der Waals surface area contributed by atoms with Gasteiger partial charge in [0, 0.05) is 0 Å². The zero-order valence-electron chi connectivity index (χ0n) is 19.3. The Labute approximate surface area is 177 Å². The first kappa shape index (κ1) is 25.2. The molecular formula is C27H49N. The molecule has 0 aliphatic carbocycles. The van der Waals surface area contributed by atoms with Crippen molar-refractivity contribution in [1.82, 2.24) is 4.90 Å². The topological polar surface area (TPSA) is 3.24 Å². The van der Waals surface area contributed by atoms with Crippen LogP contribution >= 0.6 is 0 Å². The van der Waals surface area contributed by atoms with Crippen molar-refractivity contribution in [2.24, 2.45) is 0 Å². The van der Waals surface area contributed by atoms with Gasteiger partial charge in [-0.25, -0.2) is 0 Å². The SMILES string of the molecule is CCN(CC)CCCCCCCCCCCCCCCCCc1ccccc1. The highest BCUT2D eigenvalue weighted by atomic mass is 15.1. The first-order chi connectivity index (χ1) is 13.9. The maximum absolute atomic E-state index is 2.55. The molecule has 0 aliphatic heterocycles. The number of hydrogen-bond acceptors (Lipinski definition) is 1. The summed E-state index contributed by atoms with van der Waals surface area (Å²) in [6, 6.07) is 10.9. The van der Waals surface area contributed by atoms with Crippen molar-refractivity contribution in [2.45, 2.75) is 117 Å². The van der Waals surface area contributed by atoms with Gasteiger partial charge in [0.25, 0.3) is 0 Å². The van der Waals surface area contributed by atoms with Gasteiger partial charge in [-0.05, 0) is 44.5 Å². The van der Waals surface area contributed by atoms with Gasteiger partial charge in [0.2, 0.25) is 0 Å². The van der Waals surface area contributed by atoms with Crippen molar-refractivity contribution < 1.29 is 0 Å². The van der Waals surface area contributed by atoms with E-state index in [0.29, 0.717) is 0 Å². The van der Waals surface area contributed by atoms with Crippen LogP contribution in [0.5, 0.6) is 0 Å². The lowest BCUT2D eigenvalue weighted by Crippen LogP contribution is -2.23. The minimum atomic E-state index is 1.21. The molecule has 1 heteroatoms. The van der Waals surface area contributed by atoms with Gasteiger partial charge < -0.3 is 4.90 Å². The highest BCUT2D eigenvalue weighted by Crippen LogP contribution is 2.14. The molecule has 0 saturated heterocycles. The molecule has 0 amide bonds. The van der Waals surface area contributed by atoms with Gasteiger partial charge in [-0.2, -0.15) is 0 Å². The molecule has 162 valence electrons. The van der Waals surface area contributed by atoms with E-state index in [1.807, 2.05) is 0 Å². The largest absolute Gasteiger partial charge is 0.304 e. The van der Waals surface area contributed by atoms with Gasteiger partial charge in [0.15, 0.2) is 0 Å². The van der Waals surface area contributed by atoms with Crippen molar-refractivity contribution in [3.63, 3.8) is 0 Å². The maximum atomic E-state index is 2.55. The van der Waals surface area contributed by atoms with Gasteiger partial charge in [-0.15, -0.1) is 0 Å². The molecule has 28 heavy (non-hydrogen) atoms. The molecule has 1 rings (SSSR count). The second kappa shape index (κ2) is 19.5. The van der Waals surface area contributed by atoms with Gasteiger partial charge in [0.05, 0.1) is 0 Å². The molecule has 1 aromatic carbocycles. The average molecular weight is 388 g/mol. The van der Waals surface area contributed by atoms with E-state index in [4.69, 9.17) is 0 Å². The Morgan fingerprint density at radius 3 is 1.32 bits per heavy atom. The molecular weight excluding hydrogens is 338 g/mol. The van der Waals surface area contributed by atoms with Crippen LogP contribution in [-0.2, 0) is 6.42 Å². The molecule has 0 fully saturated rings. The van der Waals surface area contributed by atoms with Crippen LogP contribution in [0, 0.1) is 0 Å². The van der Waals surface area contributed by atoms with E-state index in [2.05, 4.69) is 49.1 Å². The van der Waals surface area contributed by atoms with Crippen LogP contribution in [0.1, 0.15) is 116 Å². The molecule has 0 N–H and O–H groups in total. The number of aryl methyl sites for hydroxylation is 1. The first-order valence-corrected chi connectivity index (χ1v) is 12.6. The van der Waals surface area contributed by atoms with Crippen molar-refractivity contribution in [2.75, 3.05) is 19.6 Å². The normalized spacial score (nSPS) is 11.4. The summed E-state index contributed by atoms with van der Waals surface area (Å²) >= 11 is 0. The highest BCUT2D eigenvalue weighted by molar-refractivity contribution is 5.14. The van der Waals surface area contributed by atoms with Gasteiger partial charge >= 0.3 is 0 Å². The molecule has 0 bridgehead atoms. The number of rotatable bonds is 20. The Morgan fingerprint density at radius 2 is 0.893 bits per heavy atom. The minimum Gasteiger partial charge on any atom is -0.304 e. The molecule has 0 unspecified atom stereocenters. The summed E-state index contributed by atoms with van der Waals surface area (Å²) in [6.07, 6.45) is 22.9. The average Bonchev–Trinajstić information content (AvgIpc) is 2.74. The standard InChI is InChI=1S/C27H49N/c1-3-28(4-2)26-22-17-15-13-11-9-7-5-6-8-10-12-14-16-19-23-27-24-20-18-21-25-27/h18,20-21,24-25H,3-17,19,22-23,26H2,1-2H3. The predicted octanol–water partition coefficient (Wildman–Crippen LogP) is 8.42. The van der Waals surface area contributed by atoms with Crippen molar-refractivity contribution in [3.05, 3.63) is 35.9 Å². The monoisotopic (exact) mass is 387 g/mol. The zero-order chi connectivity index (χ0) is 20.1. The third-order valence-electron chi connectivity index (χ3n) is 6.18. The van der Waals surface area contributed by atoms with Crippen LogP contribution in [0.15, 0.2) is 30.3 Å². The zero-order valence-corrected chi connectivity index (χ0v) is 19.3. The Kier molecular flexibility index (Phi) is 17.6. The Balaban J connectivity index is 1.71. The lowest BCUT2D eigenvalue weighted by molar-refractivity contribution is 0.295. The van der Waals surface area contributed by atoms with Crippen LogP contribution in [0.4, 0.5) is 0 Å². The van der Waals surface area contributed by atoms with E-state index in [1.54, 1.807) is 0 Å². The molecule has 0 spiro atoms. The Hall–Kier alpha value is -0.820. The minimum absolute atomic E-state index is 1.21. The fraction of sp³-hybridized carbons (Fsp3) is 0.778. The number of benzene rings is 1. The van der Waals surface area contributed by atoms with Gasteiger partial charge in [-0.1, -0.05) is 128 Å². The summed E-state index contributed by atoms with van der Waals surface area (Å²) in [6.45, 7) is 8.28. The molecule has 1 nitrogen and oxygen atoms in total. The fourth-order valence-corrected chi connectivity index (χ4v) is 4.15. The Bertz CT molecular complexity index is 410. The molecule has 1 aromatic rings. The summed E-state index contributed by atoms with van der Waals surface area (Å²) in [5.74, 6) is 0. The van der Waals surface area contributed by atoms with Crippen LogP contribution in [-0.4, -0.2) is 24.5 Å². The maximum Gasteiger partial charge on any atom is -0.00190 e. The number of unbranched alkanes of at least 4 members (excludes halogenated alkanes) is 14. The summed E-state index contributed by atoms with van der Waals surface area (Å²) in [5.41, 5.74) is 1.50. The second-order valence-corrected chi connectivity index (χ2v) is 8.57. The highest BCUT2D eigenvalue weighted by Gasteiger charge is 1.98. The summed E-state index contributed by atoms with van der Waals surface area (Å²) in [7, 11) is 0. The van der Waals surface area contributed by atoms with E-state index < -0.39 is 0 Å². The number of nitrogens with zero attached hydrogens (tertiary/aromatic N) is 1.